The molecule has 1 saturated carbocycles. The maximum atomic E-state index is 11.3. The average Bonchev–Trinajstić information content (AvgIpc) is 2.70. The zero-order valence-electron chi connectivity index (χ0n) is 12.8. The van der Waals surface area contributed by atoms with E-state index in [1.165, 1.54) is 23.8 Å². The topological polar surface area (TPSA) is 49.4 Å². The van der Waals surface area contributed by atoms with Crippen molar-refractivity contribution >= 4 is 10.0 Å². The largest absolute Gasteiger partial charge is 0.299 e. The lowest BCUT2D eigenvalue weighted by molar-refractivity contribution is 0.101. The molecular formula is C16H24N2O2S. The van der Waals surface area contributed by atoms with Crippen LogP contribution >= 0.6 is 0 Å². The van der Waals surface area contributed by atoms with Gasteiger partial charge in [0.25, 0.3) is 0 Å². The number of nitrogens with one attached hydrogen (secondary N) is 1. The number of benzene rings is 1. The van der Waals surface area contributed by atoms with Gasteiger partial charge in [-0.15, -0.1) is 0 Å². The van der Waals surface area contributed by atoms with Gasteiger partial charge in [0.05, 0.1) is 6.26 Å². The van der Waals surface area contributed by atoms with Crippen molar-refractivity contribution in [2.45, 2.75) is 38.8 Å². The van der Waals surface area contributed by atoms with Crippen molar-refractivity contribution in [3.63, 3.8) is 0 Å². The lowest BCUT2D eigenvalue weighted by Crippen LogP contribution is -2.51. The minimum atomic E-state index is -3.06. The Hall–Kier alpha value is -0.910. The molecule has 0 aromatic heterocycles. The van der Waals surface area contributed by atoms with E-state index in [-0.39, 0.29) is 6.04 Å². The second-order valence-corrected chi connectivity index (χ2v) is 8.72. The summed E-state index contributed by atoms with van der Waals surface area (Å²) in [6.45, 7) is 5.36. The molecule has 2 aliphatic rings. The maximum Gasteiger partial charge on any atom is 0.208 e. The summed E-state index contributed by atoms with van der Waals surface area (Å²) in [7, 11) is -3.06. The van der Waals surface area contributed by atoms with Gasteiger partial charge in [0.1, 0.15) is 0 Å². The van der Waals surface area contributed by atoms with Crippen LogP contribution in [0.4, 0.5) is 0 Å². The van der Waals surface area contributed by atoms with Crippen LogP contribution in [0.1, 0.15) is 30.4 Å². The predicted molar refractivity (Wildman–Crippen MR) is 84.5 cm³/mol. The molecule has 0 atom stereocenters. The van der Waals surface area contributed by atoms with E-state index in [1.54, 1.807) is 0 Å². The Morgan fingerprint density at radius 2 is 2.14 bits per heavy atom. The van der Waals surface area contributed by atoms with Crippen LogP contribution < -0.4 is 4.72 Å². The lowest BCUT2D eigenvalue weighted by atomic mass is 9.65. The van der Waals surface area contributed by atoms with Crippen molar-refractivity contribution in [2.24, 2.45) is 5.41 Å². The SMILES string of the molecule is Cc1cccc(CN2CCC3(CC(NS(C)(=O)=O)C3)C2)c1. The number of hydrogen-bond donors (Lipinski definition) is 1. The van der Waals surface area contributed by atoms with E-state index in [2.05, 4.69) is 40.8 Å². The summed E-state index contributed by atoms with van der Waals surface area (Å²) in [5, 5.41) is 0. The zero-order valence-corrected chi connectivity index (χ0v) is 13.6. The van der Waals surface area contributed by atoms with Crippen LogP contribution in [0, 0.1) is 12.3 Å². The van der Waals surface area contributed by atoms with Gasteiger partial charge in [-0.1, -0.05) is 29.8 Å². The molecule has 0 radical (unpaired) electrons. The molecule has 21 heavy (non-hydrogen) atoms. The van der Waals surface area contributed by atoms with Crippen molar-refractivity contribution < 1.29 is 8.42 Å². The zero-order chi connectivity index (χ0) is 15.1. The molecule has 2 fully saturated rings. The Morgan fingerprint density at radius 3 is 2.81 bits per heavy atom. The van der Waals surface area contributed by atoms with Crippen molar-refractivity contribution in [3.8, 4) is 0 Å². The highest BCUT2D eigenvalue weighted by Crippen LogP contribution is 2.48. The Morgan fingerprint density at radius 1 is 1.38 bits per heavy atom. The second-order valence-electron chi connectivity index (χ2n) is 6.94. The minimum Gasteiger partial charge on any atom is -0.299 e. The van der Waals surface area contributed by atoms with E-state index < -0.39 is 10.0 Å². The number of rotatable bonds is 4. The molecule has 4 nitrogen and oxygen atoms in total. The molecule has 1 aliphatic heterocycles. The number of hydrogen-bond acceptors (Lipinski definition) is 3. The first-order valence-corrected chi connectivity index (χ1v) is 9.48. The van der Waals surface area contributed by atoms with E-state index in [1.807, 2.05) is 0 Å². The molecule has 1 spiro atoms. The number of likely N-dealkylation sites (tertiary alicyclic amines) is 1. The van der Waals surface area contributed by atoms with Crippen LogP contribution in [0.2, 0.25) is 0 Å². The number of nitrogens with zero attached hydrogens (tertiary/aromatic N) is 1. The molecule has 1 saturated heterocycles. The fourth-order valence-electron chi connectivity index (χ4n) is 3.94. The number of sulfonamides is 1. The average molecular weight is 308 g/mol. The summed E-state index contributed by atoms with van der Waals surface area (Å²) in [5.74, 6) is 0. The van der Waals surface area contributed by atoms with Crippen LogP contribution in [0.15, 0.2) is 24.3 Å². The second kappa shape index (κ2) is 5.38. The smallest absolute Gasteiger partial charge is 0.208 e. The van der Waals surface area contributed by atoms with E-state index in [4.69, 9.17) is 0 Å². The Balaban J connectivity index is 1.53. The molecule has 116 valence electrons. The van der Waals surface area contributed by atoms with Gasteiger partial charge in [0.15, 0.2) is 0 Å². The van der Waals surface area contributed by atoms with Gasteiger partial charge in [-0.05, 0) is 43.7 Å². The minimum absolute atomic E-state index is 0.152. The van der Waals surface area contributed by atoms with Crippen molar-refractivity contribution in [3.05, 3.63) is 35.4 Å². The van der Waals surface area contributed by atoms with Crippen LogP contribution in [0.25, 0.3) is 0 Å². The fourth-order valence-corrected chi connectivity index (χ4v) is 4.71. The lowest BCUT2D eigenvalue weighted by Gasteiger charge is -2.45. The monoisotopic (exact) mass is 308 g/mol. The van der Waals surface area contributed by atoms with Gasteiger partial charge >= 0.3 is 0 Å². The summed E-state index contributed by atoms with van der Waals surface area (Å²) < 4.78 is 25.2. The Labute approximate surface area is 127 Å². The van der Waals surface area contributed by atoms with Gasteiger partial charge in [-0.25, -0.2) is 13.1 Å². The van der Waals surface area contributed by atoms with Gasteiger partial charge in [-0.3, -0.25) is 4.90 Å². The van der Waals surface area contributed by atoms with Crippen molar-refractivity contribution in [1.29, 1.82) is 0 Å². The third-order valence-corrected chi connectivity index (χ3v) is 5.51. The normalized spacial score (nSPS) is 29.7. The van der Waals surface area contributed by atoms with Gasteiger partial charge < -0.3 is 0 Å². The predicted octanol–water partition coefficient (Wildman–Crippen LogP) is 1.90. The van der Waals surface area contributed by atoms with Crippen LogP contribution in [0.3, 0.4) is 0 Å². The molecule has 1 N–H and O–H groups in total. The summed E-state index contributed by atoms with van der Waals surface area (Å²) >= 11 is 0. The van der Waals surface area contributed by atoms with Crippen molar-refractivity contribution in [1.82, 2.24) is 9.62 Å². The van der Waals surface area contributed by atoms with Gasteiger partial charge in [0, 0.05) is 19.1 Å². The molecule has 0 bridgehead atoms. The van der Waals surface area contributed by atoms with Gasteiger partial charge in [-0.2, -0.15) is 0 Å². The first kappa shape index (κ1) is 15.0. The quantitative estimate of drug-likeness (QED) is 0.924. The first-order chi connectivity index (χ1) is 9.84. The highest BCUT2D eigenvalue weighted by molar-refractivity contribution is 7.88. The maximum absolute atomic E-state index is 11.3. The molecule has 0 unspecified atom stereocenters. The third-order valence-electron chi connectivity index (χ3n) is 4.75. The standard InChI is InChI=1S/C16H24N2O2S/c1-13-4-3-5-14(8-13)11-18-7-6-16(12-18)9-15(10-16)17-21(2,19)20/h3-5,8,15,17H,6-7,9-12H2,1-2H3. The molecule has 3 rings (SSSR count). The summed E-state index contributed by atoms with van der Waals surface area (Å²) in [5.41, 5.74) is 3.03. The molecule has 1 aromatic carbocycles. The van der Waals surface area contributed by atoms with E-state index in [9.17, 15) is 8.42 Å². The summed E-state index contributed by atoms with van der Waals surface area (Å²) in [4.78, 5) is 2.51. The molecule has 1 heterocycles. The molecule has 1 aromatic rings. The Kier molecular flexibility index (Phi) is 3.84. The summed E-state index contributed by atoms with van der Waals surface area (Å²) in [6, 6.07) is 8.83. The van der Waals surface area contributed by atoms with Crippen molar-refractivity contribution in [2.75, 3.05) is 19.3 Å². The van der Waals surface area contributed by atoms with Crippen LogP contribution in [-0.2, 0) is 16.6 Å². The molecule has 5 heteroatoms. The highest BCUT2D eigenvalue weighted by Gasteiger charge is 2.48. The fraction of sp³-hybridized carbons (Fsp3) is 0.625. The first-order valence-electron chi connectivity index (χ1n) is 7.59. The van der Waals surface area contributed by atoms with Crippen LogP contribution in [-0.4, -0.2) is 38.7 Å². The third kappa shape index (κ3) is 3.65. The molecule has 1 aliphatic carbocycles. The van der Waals surface area contributed by atoms with E-state index in [0.29, 0.717) is 5.41 Å². The van der Waals surface area contributed by atoms with Gasteiger partial charge in [0.2, 0.25) is 10.0 Å². The number of aryl methyl sites for hydroxylation is 1. The highest BCUT2D eigenvalue weighted by atomic mass is 32.2. The van der Waals surface area contributed by atoms with Crippen LogP contribution in [0.5, 0.6) is 0 Å². The molecule has 0 amide bonds. The van der Waals surface area contributed by atoms with E-state index in [0.717, 1.165) is 32.5 Å². The Bertz CT molecular complexity index is 621. The summed E-state index contributed by atoms with van der Waals surface area (Å²) in [6.07, 6.45) is 4.42. The molecular weight excluding hydrogens is 284 g/mol. The van der Waals surface area contributed by atoms with E-state index >= 15 is 0 Å².